The molecule has 3 aromatic rings. The lowest BCUT2D eigenvalue weighted by atomic mass is 9.89. The monoisotopic (exact) mass is 435 g/mol. The molecule has 4 rings (SSSR count). The van der Waals surface area contributed by atoms with Gasteiger partial charge in [-0.25, -0.2) is 9.31 Å². The van der Waals surface area contributed by atoms with Crippen LogP contribution in [0.3, 0.4) is 0 Å². The summed E-state index contributed by atoms with van der Waals surface area (Å²) in [7, 11) is 1.88. The quantitative estimate of drug-likeness (QED) is 0.676. The third-order valence-corrected chi connectivity index (χ3v) is 5.76. The second kappa shape index (κ2) is 7.86. The Morgan fingerprint density at radius 2 is 1.91 bits per heavy atom. The number of alkyl carbamates (subject to hydrolysis) is 1. The molecule has 9 nitrogen and oxygen atoms in total. The van der Waals surface area contributed by atoms with Gasteiger partial charge in [-0.15, -0.1) is 0 Å². The molecule has 0 spiro atoms. The number of fused-ring (bicyclic) bond motifs is 1. The highest BCUT2D eigenvalue weighted by molar-refractivity contribution is 5.83. The Kier molecular flexibility index (Phi) is 5.33. The Labute approximate surface area is 187 Å². The van der Waals surface area contributed by atoms with Crippen molar-refractivity contribution < 1.29 is 9.53 Å². The molecule has 1 saturated heterocycles. The van der Waals surface area contributed by atoms with Gasteiger partial charge in [0.15, 0.2) is 0 Å². The summed E-state index contributed by atoms with van der Waals surface area (Å²) in [5, 5.41) is 21.3. The highest BCUT2D eigenvalue weighted by Gasteiger charge is 2.34. The second-order valence-corrected chi connectivity index (χ2v) is 9.65. The number of hydrogen-bond acceptors (Lipinski definition) is 6. The minimum Gasteiger partial charge on any atom is -0.444 e. The van der Waals surface area contributed by atoms with E-state index in [4.69, 9.17) is 4.74 Å². The van der Waals surface area contributed by atoms with E-state index in [0.29, 0.717) is 5.56 Å². The summed E-state index contributed by atoms with van der Waals surface area (Å²) < 4.78 is 8.97. The molecule has 0 radical (unpaired) electrons. The lowest BCUT2D eigenvalue weighted by molar-refractivity contribution is 0.0448. The Hall–Kier alpha value is -3.54. The lowest BCUT2D eigenvalue weighted by Gasteiger charge is -2.41. The fraction of sp³-hybridized carbons (Fsp3) is 0.478. The van der Waals surface area contributed by atoms with Crippen molar-refractivity contribution in [3.05, 3.63) is 36.4 Å². The number of aromatic nitrogens is 4. The highest BCUT2D eigenvalue weighted by atomic mass is 16.6. The number of hydrogen-bond donors (Lipinski definition) is 1. The van der Waals surface area contributed by atoms with Gasteiger partial charge in [0.25, 0.3) is 0 Å². The van der Waals surface area contributed by atoms with Gasteiger partial charge < -0.3 is 15.0 Å². The van der Waals surface area contributed by atoms with Gasteiger partial charge in [-0.3, -0.25) is 4.68 Å². The van der Waals surface area contributed by atoms with E-state index in [1.165, 1.54) is 0 Å². The molecule has 1 amide bonds. The molecular weight excluding hydrogens is 406 g/mol. The van der Waals surface area contributed by atoms with E-state index in [1.807, 2.05) is 46.4 Å². The lowest BCUT2D eigenvalue weighted by Crippen LogP contribution is -2.54. The molecule has 0 bridgehead atoms. The number of carbonyl (C=O) groups is 1. The van der Waals surface area contributed by atoms with Gasteiger partial charge in [-0.1, -0.05) is 0 Å². The largest absolute Gasteiger partial charge is 0.444 e. The number of pyridine rings is 1. The van der Waals surface area contributed by atoms with Gasteiger partial charge in [0.1, 0.15) is 17.2 Å². The van der Waals surface area contributed by atoms with Crippen LogP contribution in [-0.2, 0) is 11.8 Å². The molecular formula is C23H29N7O2. The standard InChI is InChI=1S/C23H29N7O2/c1-22(2,3)32-21(31)27-23(4)6-8-29(9-7-23)19-10-16(18-13-25-28(5)14-18)15-30-20(19)17(11-24)12-26-30/h10,12-15H,6-9H2,1-5H3,(H,27,31). The van der Waals surface area contributed by atoms with E-state index >= 15 is 0 Å². The molecule has 32 heavy (non-hydrogen) atoms. The number of amides is 1. The fourth-order valence-electron chi connectivity index (χ4n) is 4.07. The number of aryl methyl sites for hydroxylation is 1. The van der Waals surface area contributed by atoms with Crippen LogP contribution < -0.4 is 10.2 Å². The van der Waals surface area contributed by atoms with E-state index in [-0.39, 0.29) is 5.54 Å². The maximum atomic E-state index is 12.3. The van der Waals surface area contributed by atoms with Crippen molar-refractivity contribution in [3.8, 4) is 17.2 Å². The summed E-state index contributed by atoms with van der Waals surface area (Å²) in [5.74, 6) is 0. The molecule has 1 fully saturated rings. The summed E-state index contributed by atoms with van der Waals surface area (Å²) in [6, 6.07) is 4.35. The van der Waals surface area contributed by atoms with Crippen LogP contribution >= 0.6 is 0 Å². The van der Waals surface area contributed by atoms with Crippen molar-refractivity contribution in [2.75, 3.05) is 18.0 Å². The van der Waals surface area contributed by atoms with Crippen molar-refractivity contribution in [1.29, 1.82) is 5.26 Å². The molecule has 0 unspecified atom stereocenters. The van der Waals surface area contributed by atoms with Crippen molar-refractivity contribution in [2.45, 2.75) is 51.7 Å². The molecule has 1 N–H and O–H groups in total. The summed E-state index contributed by atoms with van der Waals surface area (Å²) in [6.45, 7) is 9.08. The minimum atomic E-state index is -0.533. The van der Waals surface area contributed by atoms with Crippen molar-refractivity contribution in [3.63, 3.8) is 0 Å². The first-order chi connectivity index (χ1) is 15.1. The Morgan fingerprint density at radius 3 is 2.50 bits per heavy atom. The third-order valence-electron chi connectivity index (χ3n) is 5.76. The molecule has 0 aliphatic carbocycles. The number of piperidine rings is 1. The molecule has 9 heteroatoms. The first-order valence-corrected chi connectivity index (χ1v) is 10.7. The zero-order valence-corrected chi connectivity index (χ0v) is 19.2. The minimum absolute atomic E-state index is 0.353. The Balaban J connectivity index is 1.61. The number of nitrogens with zero attached hydrogens (tertiary/aromatic N) is 6. The summed E-state index contributed by atoms with van der Waals surface area (Å²) in [4.78, 5) is 14.6. The van der Waals surface area contributed by atoms with Gasteiger partial charge in [0, 0.05) is 49.2 Å². The van der Waals surface area contributed by atoms with E-state index in [2.05, 4.69) is 39.5 Å². The number of ether oxygens (including phenoxy) is 1. The number of carbonyl (C=O) groups excluding carboxylic acids is 1. The second-order valence-electron chi connectivity index (χ2n) is 9.65. The van der Waals surface area contributed by atoms with E-state index < -0.39 is 11.7 Å². The van der Waals surface area contributed by atoms with Crippen LogP contribution in [0.25, 0.3) is 16.6 Å². The molecule has 1 aliphatic heterocycles. The predicted molar refractivity (Wildman–Crippen MR) is 121 cm³/mol. The fourth-order valence-corrected chi connectivity index (χ4v) is 4.07. The van der Waals surface area contributed by atoms with Gasteiger partial charge in [0.2, 0.25) is 0 Å². The zero-order chi connectivity index (χ0) is 23.1. The normalized spacial score (nSPS) is 16.1. The zero-order valence-electron chi connectivity index (χ0n) is 19.2. The molecule has 0 atom stereocenters. The van der Waals surface area contributed by atoms with Crippen LogP contribution in [0.4, 0.5) is 10.5 Å². The Morgan fingerprint density at radius 1 is 1.19 bits per heavy atom. The summed E-state index contributed by atoms with van der Waals surface area (Å²) in [5.41, 5.74) is 3.37. The molecule has 168 valence electrons. The maximum Gasteiger partial charge on any atom is 0.408 e. The van der Waals surface area contributed by atoms with Gasteiger partial charge >= 0.3 is 6.09 Å². The highest BCUT2D eigenvalue weighted by Crippen LogP contribution is 2.34. The molecule has 0 saturated carbocycles. The Bertz CT molecular complexity index is 1190. The number of nitrogens with one attached hydrogen (secondary N) is 1. The van der Waals surface area contributed by atoms with Crippen LogP contribution in [0.5, 0.6) is 0 Å². The number of anilines is 1. The van der Waals surface area contributed by atoms with Crippen molar-refractivity contribution >= 4 is 17.3 Å². The molecule has 4 heterocycles. The first kappa shape index (κ1) is 21.7. The SMILES string of the molecule is Cn1cc(-c2cc(N3CCC(C)(NC(=O)OC(C)(C)C)CC3)c3c(C#N)cnn3c2)cn1. The molecule has 0 aromatic carbocycles. The van der Waals surface area contributed by atoms with Crippen LogP contribution in [0.2, 0.25) is 0 Å². The molecule has 3 aromatic heterocycles. The smallest absolute Gasteiger partial charge is 0.408 e. The average molecular weight is 436 g/mol. The van der Waals surface area contributed by atoms with E-state index in [9.17, 15) is 10.1 Å². The topological polar surface area (TPSA) is 100 Å². The first-order valence-electron chi connectivity index (χ1n) is 10.7. The van der Waals surface area contributed by atoms with Gasteiger partial charge in [0.05, 0.1) is 23.6 Å². The predicted octanol–water partition coefficient (Wildman–Crippen LogP) is 3.49. The van der Waals surface area contributed by atoms with Crippen LogP contribution in [0.15, 0.2) is 30.9 Å². The van der Waals surface area contributed by atoms with Crippen LogP contribution in [0.1, 0.15) is 46.1 Å². The number of rotatable bonds is 3. The van der Waals surface area contributed by atoms with Crippen molar-refractivity contribution in [1.82, 2.24) is 24.7 Å². The van der Waals surface area contributed by atoms with Crippen LogP contribution in [-0.4, -0.2) is 49.7 Å². The van der Waals surface area contributed by atoms with Crippen LogP contribution in [0, 0.1) is 11.3 Å². The van der Waals surface area contributed by atoms with E-state index in [0.717, 1.165) is 48.3 Å². The van der Waals surface area contributed by atoms with Crippen molar-refractivity contribution in [2.24, 2.45) is 7.05 Å². The summed E-state index contributed by atoms with van der Waals surface area (Å²) in [6.07, 6.45) is 8.42. The molecule has 1 aliphatic rings. The third kappa shape index (κ3) is 4.40. The van der Waals surface area contributed by atoms with E-state index in [1.54, 1.807) is 15.4 Å². The maximum absolute atomic E-state index is 12.3. The number of nitriles is 1. The average Bonchev–Trinajstić information content (AvgIpc) is 3.32. The van der Waals surface area contributed by atoms with Gasteiger partial charge in [-0.05, 0) is 46.6 Å². The van der Waals surface area contributed by atoms with Gasteiger partial charge in [-0.2, -0.15) is 15.5 Å². The summed E-state index contributed by atoms with van der Waals surface area (Å²) >= 11 is 0.